The Morgan fingerprint density at radius 2 is 1.76 bits per heavy atom. The lowest BCUT2D eigenvalue weighted by Gasteiger charge is -2.40. The Bertz CT molecular complexity index is 1280. The van der Waals surface area contributed by atoms with Gasteiger partial charge in [-0.05, 0) is 61.4 Å². The number of para-hydroxylation sites is 2. The second-order valence-corrected chi connectivity index (χ2v) is 9.18. The number of hydrogen-bond acceptors (Lipinski definition) is 7. The number of aromatic amines is 1. The minimum atomic E-state index is -0.382. The van der Waals surface area contributed by atoms with E-state index in [0.29, 0.717) is 28.0 Å². The number of anilines is 1. The molecular formula is C27H27ClN6O3. The van der Waals surface area contributed by atoms with Gasteiger partial charge in [0.1, 0.15) is 29.9 Å². The van der Waals surface area contributed by atoms with Crippen LogP contribution in [-0.4, -0.2) is 50.6 Å². The van der Waals surface area contributed by atoms with E-state index in [1.807, 2.05) is 66.7 Å². The predicted octanol–water partition coefficient (Wildman–Crippen LogP) is 5.26. The molecule has 1 aliphatic carbocycles. The van der Waals surface area contributed by atoms with Gasteiger partial charge in [0.05, 0.1) is 11.6 Å². The van der Waals surface area contributed by atoms with E-state index in [9.17, 15) is 4.79 Å². The second kappa shape index (κ2) is 11.9. The van der Waals surface area contributed by atoms with Gasteiger partial charge < -0.3 is 14.8 Å². The summed E-state index contributed by atoms with van der Waals surface area (Å²) in [6.07, 6.45) is 3.08. The third-order valence-corrected chi connectivity index (χ3v) is 6.59. The third-order valence-electron chi connectivity index (χ3n) is 6.28. The summed E-state index contributed by atoms with van der Waals surface area (Å²) in [7, 11) is 0. The molecule has 1 unspecified atom stereocenters. The second-order valence-electron chi connectivity index (χ2n) is 8.77. The first-order valence-electron chi connectivity index (χ1n) is 12.1. The van der Waals surface area contributed by atoms with Crippen molar-refractivity contribution >= 4 is 23.2 Å². The lowest BCUT2D eigenvalue weighted by atomic mass is 9.90. The standard InChI is InChI=1S/C27H27ClN6O3/c28-23-11-4-5-12-25(23)36-18-24(27-30-32-33-31-27)34(20-7-6-8-20)17-26(35)29-19-13-15-22(16-14-19)37-21-9-2-1-3-10-21/h1-5,9-16,20,24H,6-8,17-18H2,(H,29,35)(H,30,31,32,33). The summed E-state index contributed by atoms with van der Waals surface area (Å²) in [5.74, 6) is 2.33. The zero-order valence-electron chi connectivity index (χ0n) is 20.1. The fourth-order valence-electron chi connectivity index (χ4n) is 4.17. The van der Waals surface area contributed by atoms with Crippen molar-refractivity contribution in [3.63, 3.8) is 0 Å². The summed E-state index contributed by atoms with van der Waals surface area (Å²) in [4.78, 5) is 15.2. The molecular weight excluding hydrogens is 492 g/mol. The lowest BCUT2D eigenvalue weighted by molar-refractivity contribution is -0.119. The van der Waals surface area contributed by atoms with E-state index in [2.05, 4.69) is 30.8 Å². The van der Waals surface area contributed by atoms with Crippen LogP contribution in [0, 0.1) is 0 Å². The van der Waals surface area contributed by atoms with E-state index in [0.717, 1.165) is 25.0 Å². The normalized spacial score (nSPS) is 14.1. The van der Waals surface area contributed by atoms with Gasteiger partial charge in [0.25, 0.3) is 0 Å². The number of halogens is 1. The Kier molecular flexibility index (Phi) is 7.93. The van der Waals surface area contributed by atoms with Crippen LogP contribution in [0.25, 0.3) is 0 Å². The molecule has 0 aliphatic heterocycles. The van der Waals surface area contributed by atoms with Crippen molar-refractivity contribution < 1.29 is 14.3 Å². The highest BCUT2D eigenvalue weighted by Gasteiger charge is 2.35. The summed E-state index contributed by atoms with van der Waals surface area (Å²) in [6.45, 7) is 0.372. The molecule has 0 saturated heterocycles. The highest BCUT2D eigenvalue weighted by Crippen LogP contribution is 2.33. The fraction of sp³-hybridized carbons (Fsp3) is 0.259. The third kappa shape index (κ3) is 6.44. The van der Waals surface area contributed by atoms with Crippen molar-refractivity contribution in [3.05, 3.63) is 89.7 Å². The van der Waals surface area contributed by atoms with E-state index in [-0.39, 0.29) is 31.1 Å². The Labute approximate surface area is 219 Å². The van der Waals surface area contributed by atoms with Gasteiger partial charge >= 0.3 is 0 Å². The average molecular weight is 519 g/mol. The number of benzene rings is 3. The van der Waals surface area contributed by atoms with Gasteiger partial charge in [0.2, 0.25) is 5.91 Å². The molecule has 1 fully saturated rings. The lowest BCUT2D eigenvalue weighted by Crippen LogP contribution is -2.48. The molecule has 0 bridgehead atoms. The number of hydrogen-bond donors (Lipinski definition) is 2. The molecule has 190 valence electrons. The first-order chi connectivity index (χ1) is 18.2. The molecule has 1 aliphatic rings. The molecule has 1 saturated carbocycles. The number of aromatic nitrogens is 4. The molecule has 1 amide bonds. The van der Waals surface area contributed by atoms with E-state index in [1.165, 1.54) is 0 Å². The highest BCUT2D eigenvalue weighted by atomic mass is 35.5. The maximum Gasteiger partial charge on any atom is 0.238 e. The topological polar surface area (TPSA) is 105 Å². The van der Waals surface area contributed by atoms with Crippen molar-refractivity contribution in [2.45, 2.75) is 31.3 Å². The summed E-state index contributed by atoms with van der Waals surface area (Å²) in [5.41, 5.74) is 0.683. The molecule has 10 heteroatoms. The number of amides is 1. The van der Waals surface area contributed by atoms with Gasteiger partial charge in [-0.3, -0.25) is 9.69 Å². The smallest absolute Gasteiger partial charge is 0.238 e. The number of carbonyl (C=O) groups is 1. The zero-order valence-corrected chi connectivity index (χ0v) is 20.8. The molecule has 0 radical (unpaired) electrons. The highest BCUT2D eigenvalue weighted by molar-refractivity contribution is 6.32. The quantitative estimate of drug-likeness (QED) is 0.279. The molecule has 5 rings (SSSR count). The molecule has 3 aromatic carbocycles. The van der Waals surface area contributed by atoms with Crippen LogP contribution in [-0.2, 0) is 4.79 Å². The van der Waals surface area contributed by atoms with Gasteiger partial charge in [-0.15, -0.1) is 10.2 Å². The van der Waals surface area contributed by atoms with Crippen molar-refractivity contribution in [1.82, 2.24) is 25.5 Å². The summed E-state index contributed by atoms with van der Waals surface area (Å²) in [5, 5.41) is 18.1. The van der Waals surface area contributed by atoms with E-state index in [4.69, 9.17) is 21.1 Å². The maximum atomic E-state index is 13.1. The number of tetrazole rings is 1. The minimum absolute atomic E-state index is 0.144. The number of nitrogens with one attached hydrogen (secondary N) is 2. The first kappa shape index (κ1) is 24.7. The van der Waals surface area contributed by atoms with Gasteiger partial charge in [-0.2, -0.15) is 5.21 Å². The van der Waals surface area contributed by atoms with Gasteiger partial charge in [0.15, 0.2) is 5.82 Å². The molecule has 0 spiro atoms. The molecule has 1 atom stereocenters. The van der Waals surface area contributed by atoms with Crippen LogP contribution < -0.4 is 14.8 Å². The molecule has 1 aromatic heterocycles. The van der Waals surface area contributed by atoms with Crippen molar-refractivity contribution in [2.24, 2.45) is 0 Å². The summed E-state index contributed by atoms with van der Waals surface area (Å²) >= 11 is 6.28. The first-order valence-corrected chi connectivity index (χ1v) is 12.5. The minimum Gasteiger partial charge on any atom is -0.490 e. The zero-order chi connectivity index (χ0) is 25.5. The van der Waals surface area contributed by atoms with Crippen LogP contribution in [0.3, 0.4) is 0 Å². The van der Waals surface area contributed by atoms with Crippen LogP contribution >= 0.6 is 11.6 Å². The number of carbonyl (C=O) groups excluding carboxylic acids is 1. The Balaban J connectivity index is 1.26. The van der Waals surface area contributed by atoms with Crippen molar-refractivity contribution in [1.29, 1.82) is 0 Å². The van der Waals surface area contributed by atoms with Crippen LogP contribution in [0.5, 0.6) is 17.2 Å². The largest absolute Gasteiger partial charge is 0.490 e. The van der Waals surface area contributed by atoms with Crippen LogP contribution in [0.2, 0.25) is 5.02 Å². The molecule has 1 heterocycles. The summed E-state index contributed by atoms with van der Waals surface area (Å²) in [6, 6.07) is 24.0. The fourth-order valence-corrected chi connectivity index (χ4v) is 4.36. The van der Waals surface area contributed by atoms with Crippen LogP contribution in [0.1, 0.15) is 31.1 Å². The Hall–Kier alpha value is -3.95. The Morgan fingerprint density at radius 1 is 1.03 bits per heavy atom. The van der Waals surface area contributed by atoms with E-state index < -0.39 is 0 Å². The number of ether oxygens (including phenoxy) is 2. The molecule has 37 heavy (non-hydrogen) atoms. The average Bonchev–Trinajstić information content (AvgIpc) is 3.41. The number of rotatable bonds is 11. The van der Waals surface area contributed by atoms with Crippen LogP contribution in [0.15, 0.2) is 78.9 Å². The van der Waals surface area contributed by atoms with Crippen molar-refractivity contribution in [2.75, 3.05) is 18.5 Å². The SMILES string of the molecule is O=C(CN(C1CCC1)C(COc1ccccc1Cl)c1nn[nH]n1)Nc1ccc(Oc2ccccc2)cc1. The number of nitrogens with zero attached hydrogens (tertiary/aromatic N) is 4. The predicted molar refractivity (Wildman–Crippen MR) is 140 cm³/mol. The van der Waals surface area contributed by atoms with Crippen LogP contribution in [0.4, 0.5) is 5.69 Å². The monoisotopic (exact) mass is 518 g/mol. The van der Waals surface area contributed by atoms with Gasteiger partial charge in [-0.1, -0.05) is 53.6 Å². The molecule has 2 N–H and O–H groups in total. The van der Waals surface area contributed by atoms with Crippen molar-refractivity contribution in [3.8, 4) is 17.2 Å². The Morgan fingerprint density at radius 3 is 2.43 bits per heavy atom. The maximum absolute atomic E-state index is 13.1. The number of H-pyrrole nitrogens is 1. The van der Waals surface area contributed by atoms with E-state index in [1.54, 1.807) is 12.1 Å². The molecule has 9 nitrogen and oxygen atoms in total. The molecule has 4 aromatic rings. The van der Waals surface area contributed by atoms with E-state index >= 15 is 0 Å². The van der Waals surface area contributed by atoms with Gasteiger partial charge in [-0.25, -0.2) is 0 Å². The van der Waals surface area contributed by atoms with Gasteiger partial charge in [0, 0.05) is 11.7 Å². The summed E-state index contributed by atoms with van der Waals surface area (Å²) < 4.78 is 11.9.